The number of aryl methyl sites for hydroxylation is 1. The molecule has 0 bridgehead atoms. The maximum atomic E-state index is 12.8. The first-order valence-electron chi connectivity index (χ1n) is 10.1. The van der Waals surface area contributed by atoms with Crippen LogP contribution in [0.5, 0.6) is 0 Å². The number of methoxy groups -OCH3 is 1. The zero-order chi connectivity index (χ0) is 22.8. The van der Waals surface area contributed by atoms with Crippen LogP contribution in [-0.2, 0) is 14.3 Å². The normalized spacial score (nSPS) is 16.2. The number of nitrogens with one attached hydrogen (secondary N) is 1. The molecule has 1 aromatic heterocycles. The van der Waals surface area contributed by atoms with Crippen molar-refractivity contribution in [3.63, 3.8) is 0 Å². The molecule has 1 aromatic carbocycles. The Morgan fingerprint density at radius 2 is 1.94 bits per heavy atom. The predicted molar refractivity (Wildman–Crippen MR) is 114 cm³/mol. The van der Waals surface area contributed by atoms with Crippen molar-refractivity contribution >= 4 is 23.8 Å². The van der Waals surface area contributed by atoms with E-state index in [4.69, 9.17) is 9.47 Å². The number of carbonyl (C=O) groups excluding carboxylic acids is 3. The number of nitrogens with zero attached hydrogens (tertiary/aromatic N) is 3. The Morgan fingerprint density at radius 1 is 1.19 bits per heavy atom. The van der Waals surface area contributed by atoms with E-state index >= 15 is 0 Å². The van der Waals surface area contributed by atoms with Crippen molar-refractivity contribution in [2.45, 2.75) is 52.2 Å². The third-order valence-electron chi connectivity index (χ3n) is 4.90. The standard InChI is InChI=1S/C22H28N4O5/c1-14-13-15(8-9-16(14)20(28)30-5)26-12-10-18(24-26)23-19(27)17-7-6-11-25(17)21(29)31-22(2,3)4/h8-10,12-13,17H,6-7,11H2,1-5H3,(H,23,24,27)/t17-/m1/s1. The van der Waals surface area contributed by atoms with Gasteiger partial charge in [-0.2, -0.15) is 5.10 Å². The number of rotatable bonds is 4. The fourth-order valence-corrected chi connectivity index (χ4v) is 3.45. The molecule has 166 valence electrons. The molecule has 2 aromatic rings. The Balaban J connectivity index is 1.69. The van der Waals surface area contributed by atoms with E-state index in [-0.39, 0.29) is 5.91 Å². The van der Waals surface area contributed by atoms with Crippen molar-refractivity contribution in [3.05, 3.63) is 41.6 Å². The second-order valence-corrected chi connectivity index (χ2v) is 8.46. The highest BCUT2D eigenvalue weighted by Crippen LogP contribution is 2.22. The van der Waals surface area contributed by atoms with Crippen LogP contribution in [0.1, 0.15) is 49.5 Å². The molecule has 0 aliphatic carbocycles. The summed E-state index contributed by atoms with van der Waals surface area (Å²) in [5.74, 6) is -0.329. The molecule has 1 aliphatic heterocycles. The number of likely N-dealkylation sites (tertiary alicyclic amines) is 1. The molecule has 9 nitrogen and oxygen atoms in total. The molecule has 1 atom stereocenters. The molecular weight excluding hydrogens is 400 g/mol. The molecule has 1 fully saturated rings. The number of benzene rings is 1. The molecule has 2 heterocycles. The maximum Gasteiger partial charge on any atom is 0.410 e. The van der Waals surface area contributed by atoms with Gasteiger partial charge < -0.3 is 14.8 Å². The van der Waals surface area contributed by atoms with E-state index in [1.54, 1.807) is 49.8 Å². The van der Waals surface area contributed by atoms with Gasteiger partial charge in [0.1, 0.15) is 11.6 Å². The molecule has 0 radical (unpaired) electrons. The second-order valence-electron chi connectivity index (χ2n) is 8.46. The largest absolute Gasteiger partial charge is 0.465 e. The zero-order valence-electron chi connectivity index (χ0n) is 18.5. The van der Waals surface area contributed by atoms with Gasteiger partial charge in [0.2, 0.25) is 5.91 Å². The summed E-state index contributed by atoms with van der Waals surface area (Å²) in [6.45, 7) is 7.67. The molecule has 3 rings (SSSR count). The fraction of sp³-hybridized carbons (Fsp3) is 0.455. The lowest BCUT2D eigenvalue weighted by Crippen LogP contribution is -2.45. The quantitative estimate of drug-likeness (QED) is 0.750. The highest BCUT2D eigenvalue weighted by Gasteiger charge is 2.36. The minimum absolute atomic E-state index is 0.300. The summed E-state index contributed by atoms with van der Waals surface area (Å²) < 4.78 is 11.8. The Morgan fingerprint density at radius 3 is 2.58 bits per heavy atom. The molecule has 1 saturated heterocycles. The first-order valence-corrected chi connectivity index (χ1v) is 10.1. The molecular formula is C22H28N4O5. The predicted octanol–water partition coefficient (Wildman–Crippen LogP) is 3.31. The van der Waals surface area contributed by atoms with Crippen molar-refractivity contribution < 1.29 is 23.9 Å². The second kappa shape index (κ2) is 8.79. The molecule has 9 heteroatoms. The van der Waals surface area contributed by atoms with Gasteiger partial charge in [-0.25, -0.2) is 14.3 Å². The minimum atomic E-state index is -0.624. The summed E-state index contributed by atoms with van der Waals surface area (Å²) in [7, 11) is 1.34. The third-order valence-corrected chi connectivity index (χ3v) is 4.90. The van der Waals surface area contributed by atoms with Crippen LogP contribution in [0.15, 0.2) is 30.5 Å². The minimum Gasteiger partial charge on any atom is -0.465 e. The topological polar surface area (TPSA) is 103 Å². The molecule has 1 N–H and O–H groups in total. The van der Waals surface area contributed by atoms with Crippen LogP contribution in [0.3, 0.4) is 0 Å². The third kappa shape index (κ3) is 5.22. The molecule has 2 amide bonds. The van der Waals surface area contributed by atoms with Crippen LogP contribution in [0.25, 0.3) is 5.69 Å². The van der Waals surface area contributed by atoms with E-state index in [2.05, 4.69) is 10.4 Å². The van der Waals surface area contributed by atoms with Gasteiger partial charge in [0.15, 0.2) is 5.82 Å². The Kier molecular flexibility index (Phi) is 6.33. The first-order chi connectivity index (χ1) is 14.6. The van der Waals surface area contributed by atoms with E-state index in [1.165, 1.54) is 12.0 Å². The van der Waals surface area contributed by atoms with E-state index < -0.39 is 23.7 Å². The van der Waals surface area contributed by atoms with Crippen LogP contribution in [0, 0.1) is 6.92 Å². The summed E-state index contributed by atoms with van der Waals surface area (Å²) in [5, 5.41) is 7.17. The zero-order valence-corrected chi connectivity index (χ0v) is 18.5. The van der Waals surface area contributed by atoms with Gasteiger partial charge in [0.25, 0.3) is 0 Å². The van der Waals surface area contributed by atoms with Crippen molar-refractivity contribution in [1.29, 1.82) is 0 Å². The average molecular weight is 428 g/mol. The molecule has 0 saturated carbocycles. The molecule has 31 heavy (non-hydrogen) atoms. The lowest BCUT2D eigenvalue weighted by molar-refractivity contribution is -0.120. The number of carbonyl (C=O) groups is 3. The monoisotopic (exact) mass is 428 g/mol. The van der Waals surface area contributed by atoms with Gasteiger partial charge in [0, 0.05) is 18.8 Å². The van der Waals surface area contributed by atoms with Crippen molar-refractivity contribution in [3.8, 4) is 5.69 Å². The van der Waals surface area contributed by atoms with Crippen LogP contribution in [0.2, 0.25) is 0 Å². The van der Waals surface area contributed by atoms with Crippen LogP contribution < -0.4 is 5.32 Å². The van der Waals surface area contributed by atoms with E-state index in [0.29, 0.717) is 24.3 Å². The number of esters is 1. The van der Waals surface area contributed by atoms with E-state index in [1.807, 2.05) is 13.0 Å². The molecule has 1 aliphatic rings. The van der Waals surface area contributed by atoms with Gasteiger partial charge in [-0.05, 0) is 64.3 Å². The SMILES string of the molecule is COC(=O)c1ccc(-n2ccc(NC(=O)[C@H]3CCCN3C(=O)OC(C)(C)C)n2)cc1C. The van der Waals surface area contributed by atoms with Gasteiger partial charge in [-0.1, -0.05) is 0 Å². The number of amides is 2. The van der Waals surface area contributed by atoms with E-state index in [0.717, 1.165) is 17.7 Å². The Hall–Kier alpha value is -3.36. The Bertz CT molecular complexity index is 992. The lowest BCUT2D eigenvalue weighted by Gasteiger charge is -2.27. The van der Waals surface area contributed by atoms with Gasteiger partial charge in [-0.3, -0.25) is 9.69 Å². The summed E-state index contributed by atoms with van der Waals surface area (Å²) in [4.78, 5) is 38.4. The lowest BCUT2D eigenvalue weighted by atomic mass is 10.1. The summed E-state index contributed by atoms with van der Waals surface area (Å²) >= 11 is 0. The number of hydrogen-bond donors (Lipinski definition) is 1. The smallest absolute Gasteiger partial charge is 0.410 e. The van der Waals surface area contributed by atoms with Gasteiger partial charge in [0.05, 0.1) is 18.4 Å². The highest BCUT2D eigenvalue weighted by atomic mass is 16.6. The number of aromatic nitrogens is 2. The molecule has 0 unspecified atom stereocenters. The summed E-state index contributed by atoms with van der Waals surface area (Å²) in [6, 6.07) is 6.31. The van der Waals surface area contributed by atoms with Gasteiger partial charge in [-0.15, -0.1) is 0 Å². The van der Waals surface area contributed by atoms with Crippen molar-refractivity contribution in [2.24, 2.45) is 0 Å². The fourth-order valence-electron chi connectivity index (χ4n) is 3.45. The first kappa shape index (κ1) is 22.3. The Labute approximate surface area is 181 Å². The van der Waals surface area contributed by atoms with Crippen LogP contribution >= 0.6 is 0 Å². The van der Waals surface area contributed by atoms with Crippen molar-refractivity contribution in [2.75, 3.05) is 19.0 Å². The van der Waals surface area contributed by atoms with Crippen LogP contribution in [0.4, 0.5) is 10.6 Å². The van der Waals surface area contributed by atoms with Gasteiger partial charge >= 0.3 is 12.1 Å². The average Bonchev–Trinajstić information content (AvgIpc) is 3.35. The van der Waals surface area contributed by atoms with E-state index in [9.17, 15) is 14.4 Å². The van der Waals surface area contributed by atoms with Crippen molar-refractivity contribution in [1.82, 2.24) is 14.7 Å². The summed E-state index contributed by atoms with van der Waals surface area (Å²) in [5.41, 5.74) is 1.35. The van der Waals surface area contributed by atoms with Crippen LogP contribution in [-0.4, -0.2) is 57.9 Å². The number of anilines is 1. The highest BCUT2D eigenvalue weighted by molar-refractivity contribution is 5.96. The number of hydrogen-bond acceptors (Lipinski definition) is 6. The maximum absolute atomic E-state index is 12.8. The molecule has 0 spiro atoms. The summed E-state index contributed by atoms with van der Waals surface area (Å²) in [6.07, 6.45) is 2.52. The number of ether oxygens (including phenoxy) is 2.